The molecule has 0 N–H and O–H groups in total. The standard InChI is InChI=1S/C15H38N2OSi2/c1-9-16(10-2)13-14-17(19(4,5)6)12-11-15-20(7,8)18-3/h9-15H2,1-8H3. The number of hydrogen-bond donors (Lipinski definition) is 0. The molecule has 5 heteroatoms. The van der Waals surface area contributed by atoms with Gasteiger partial charge in [0.2, 0.25) is 0 Å². The fraction of sp³-hybridized carbons (Fsp3) is 1.00. The van der Waals surface area contributed by atoms with E-state index >= 15 is 0 Å². The van der Waals surface area contributed by atoms with E-state index in [1.807, 2.05) is 7.11 Å². The molecule has 0 amide bonds. The van der Waals surface area contributed by atoms with Gasteiger partial charge in [0.05, 0.1) is 0 Å². The summed E-state index contributed by atoms with van der Waals surface area (Å²) in [5.41, 5.74) is 0. The maximum Gasteiger partial charge on any atom is 0.186 e. The van der Waals surface area contributed by atoms with Crippen molar-refractivity contribution in [3.63, 3.8) is 0 Å². The first kappa shape index (κ1) is 20.3. The van der Waals surface area contributed by atoms with Gasteiger partial charge in [0, 0.05) is 20.2 Å². The predicted octanol–water partition coefficient (Wildman–Crippen LogP) is 3.71. The third-order valence-electron chi connectivity index (χ3n) is 4.29. The second-order valence-corrected chi connectivity index (χ2v) is 16.7. The highest BCUT2D eigenvalue weighted by molar-refractivity contribution is 6.73. The molecule has 0 saturated heterocycles. The van der Waals surface area contributed by atoms with Gasteiger partial charge in [-0.2, -0.15) is 0 Å². The number of hydrogen-bond acceptors (Lipinski definition) is 3. The van der Waals surface area contributed by atoms with Crippen LogP contribution in [0.2, 0.25) is 38.8 Å². The molecule has 0 aromatic rings. The van der Waals surface area contributed by atoms with Crippen LogP contribution in [-0.2, 0) is 4.43 Å². The van der Waals surface area contributed by atoms with E-state index in [9.17, 15) is 0 Å². The molecular formula is C15H38N2OSi2. The lowest BCUT2D eigenvalue weighted by Crippen LogP contribution is -2.50. The zero-order chi connectivity index (χ0) is 15.8. The summed E-state index contributed by atoms with van der Waals surface area (Å²) in [4.78, 5) is 2.53. The smallest absolute Gasteiger partial charge is 0.186 e. The Morgan fingerprint density at radius 2 is 1.40 bits per heavy atom. The lowest BCUT2D eigenvalue weighted by molar-refractivity contribution is 0.268. The van der Waals surface area contributed by atoms with Crippen LogP contribution in [0.1, 0.15) is 20.3 Å². The van der Waals surface area contributed by atoms with Crippen molar-refractivity contribution >= 4 is 16.6 Å². The predicted molar refractivity (Wildman–Crippen MR) is 96.6 cm³/mol. The van der Waals surface area contributed by atoms with E-state index in [0.717, 1.165) is 0 Å². The average molecular weight is 319 g/mol. The van der Waals surface area contributed by atoms with Gasteiger partial charge >= 0.3 is 0 Å². The molecule has 0 radical (unpaired) electrons. The molecule has 0 heterocycles. The van der Waals surface area contributed by atoms with E-state index in [2.05, 4.69) is 56.0 Å². The van der Waals surface area contributed by atoms with Gasteiger partial charge in [-0.25, -0.2) is 0 Å². The lowest BCUT2D eigenvalue weighted by atomic mass is 10.4. The fourth-order valence-electron chi connectivity index (χ4n) is 2.38. The summed E-state index contributed by atoms with van der Waals surface area (Å²) in [5.74, 6) is 0. The van der Waals surface area contributed by atoms with E-state index in [-0.39, 0.29) is 0 Å². The Hall–Kier alpha value is 0.314. The summed E-state index contributed by atoms with van der Waals surface area (Å²) in [5, 5.41) is 0. The Morgan fingerprint density at radius 1 is 0.850 bits per heavy atom. The minimum absolute atomic E-state index is 1.17. The van der Waals surface area contributed by atoms with Crippen molar-refractivity contribution in [2.75, 3.05) is 39.8 Å². The Labute approximate surface area is 129 Å². The summed E-state index contributed by atoms with van der Waals surface area (Å²) >= 11 is 0. The monoisotopic (exact) mass is 318 g/mol. The molecule has 0 spiro atoms. The lowest BCUT2D eigenvalue weighted by Gasteiger charge is -2.36. The van der Waals surface area contributed by atoms with Gasteiger partial charge in [0.25, 0.3) is 0 Å². The molecule has 0 unspecified atom stereocenters. The average Bonchev–Trinajstić information content (AvgIpc) is 2.36. The molecule has 0 aliphatic heterocycles. The maximum atomic E-state index is 5.66. The highest BCUT2D eigenvalue weighted by Gasteiger charge is 2.25. The second-order valence-electron chi connectivity index (χ2n) is 7.25. The summed E-state index contributed by atoms with van der Waals surface area (Å²) in [6.45, 7) is 22.6. The SMILES string of the molecule is CCN(CC)CCN(CCC[Si](C)(C)OC)[Si](C)(C)C. The Balaban J connectivity index is 4.31. The summed E-state index contributed by atoms with van der Waals surface area (Å²) in [6, 6.07) is 1.27. The Kier molecular flexibility index (Phi) is 9.50. The molecule has 0 aromatic heterocycles. The van der Waals surface area contributed by atoms with Gasteiger partial charge in [-0.05, 0) is 45.2 Å². The molecule has 0 atom stereocenters. The highest BCUT2D eigenvalue weighted by atomic mass is 28.4. The van der Waals surface area contributed by atoms with Gasteiger partial charge in [0.1, 0.15) is 8.24 Å². The normalized spacial score (nSPS) is 13.5. The van der Waals surface area contributed by atoms with Gasteiger partial charge < -0.3 is 13.9 Å². The van der Waals surface area contributed by atoms with Crippen LogP contribution >= 0.6 is 0 Å². The second kappa shape index (κ2) is 9.36. The third-order valence-corrected chi connectivity index (χ3v) is 9.30. The Morgan fingerprint density at radius 3 is 1.80 bits per heavy atom. The zero-order valence-corrected chi connectivity index (χ0v) is 17.3. The summed E-state index contributed by atoms with van der Waals surface area (Å²) in [6.07, 6.45) is 1.29. The first-order valence-corrected chi connectivity index (χ1v) is 14.7. The first-order chi connectivity index (χ1) is 9.16. The van der Waals surface area contributed by atoms with Crippen LogP contribution in [0.4, 0.5) is 0 Å². The van der Waals surface area contributed by atoms with E-state index in [4.69, 9.17) is 4.43 Å². The molecule has 0 aliphatic carbocycles. The molecule has 122 valence electrons. The zero-order valence-electron chi connectivity index (χ0n) is 15.3. The van der Waals surface area contributed by atoms with Crippen LogP contribution in [0.15, 0.2) is 0 Å². The quantitative estimate of drug-likeness (QED) is 0.540. The molecule has 0 bridgehead atoms. The summed E-state index contributed by atoms with van der Waals surface area (Å²) < 4.78 is 8.43. The molecule has 0 aromatic carbocycles. The Bertz CT molecular complexity index is 251. The number of nitrogens with zero attached hydrogens (tertiary/aromatic N) is 2. The van der Waals surface area contributed by atoms with Crippen molar-refractivity contribution in [3.05, 3.63) is 0 Å². The van der Waals surface area contributed by atoms with Crippen molar-refractivity contribution in [3.8, 4) is 0 Å². The van der Waals surface area contributed by atoms with E-state index in [1.54, 1.807) is 0 Å². The topological polar surface area (TPSA) is 15.7 Å². The largest absolute Gasteiger partial charge is 0.420 e. The molecule has 3 nitrogen and oxygen atoms in total. The molecular weight excluding hydrogens is 280 g/mol. The van der Waals surface area contributed by atoms with Crippen molar-refractivity contribution in [1.29, 1.82) is 0 Å². The molecule has 0 fully saturated rings. The summed E-state index contributed by atoms with van der Waals surface area (Å²) in [7, 11) is -0.710. The number of rotatable bonds is 11. The van der Waals surface area contributed by atoms with Crippen molar-refractivity contribution in [2.24, 2.45) is 0 Å². The highest BCUT2D eigenvalue weighted by Crippen LogP contribution is 2.16. The third kappa shape index (κ3) is 8.57. The van der Waals surface area contributed by atoms with Crippen LogP contribution in [-0.4, -0.2) is 65.9 Å². The van der Waals surface area contributed by atoms with Crippen LogP contribution in [0.25, 0.3) is 0 Å². The van der Waals surface area contributed by atoms with Crippen LogP contribution in [0.5, 0.6) is 0 Å². The van der Waals surface area contributed by atoms with Crippen LogP contribution < -0.4 is 0 Å². The molecule has 0 saturated carbocycles. The molecule has 20 heavy (non-hydrogen) atoms. The van der Waals surface area contributed by atoms with Gasteiger partial charge in [0.15, 0.2) is 8.32 Å². The fourth-order valence-corrected chi connectivity index (χ4v) is 5.20. The van der Waals surface area contributed by atoms with E-state index < -0.39 is 16.6 Å². The minimum atomic E-state index is -1.38. The minimum Gasteiger partial charge on any atom is -0.420 e. The maximum absolute atomic E-state index is 5.66. The van der Waals surface area contributed by atoms with Crippen molar-refractivity contribution in [1.82, 2.24) is 9.47 Å². The molecule has 0 rings (SSSR count). The number of likely N-dealkylation sites (N-methyl/N-ethyl adjacent to an activating group) is 1. The molecule has 0 aliphatic rings. The van der Waals surface area contributed by atoms with E-state index in [0.29, 0.717) is 0 Å². The van der Waals surface area contributed by atoms with E-state index in [1.165, 1.54) is 45.2 Å². The first-order valence-electron chi connectivity index (χ1n) is 8.18. The van der Waals surface area contributed by atoms with Gasteiger partial charge in [-0.1, -0.05) is 33.5 Å². The van der Waals surface area contributed by atoms with Crippen LogP contribution in [0.3, 0.4) is 0 Å². The van der Waals surface area contributed by atoms with Gasteiger partial charge in [-0.3, -0.25) is 0 Å². The van der Waals surface area contributed by atoms with Crippen molar-refractivity contribution in [2.45, 2.75) is 59.0 Å². The van der Waals surface area contributed by atoms with Crippen molar-refractivity contribution < 1.29 is 4.43 Å². The van der Waals surface area contributed by atoms with Gasteiger partial charge in [-0.15, -0.1) is 0 Å². The van der Waals surface area contributed by atoms with Crippen LogP contribution in [0, 0.1) is 0 Å².